The van der Waals surface area contributed by atoms with Crippen molar-refractivity contribution in [3.05, 3.63) is 0 Å². The fourth-order valence-electron chi connectivity index (χ4n) is 2.98. The number of halogens is 3. The van der Waals surface area contributed by atoms with Crippen molar-refractivity contribution in [3.63, 3.8) is 0 Å². The van der Waals surface area contributed by atoms with Crippen molar-refractivity contribution in [1.82, 2.24) is 30.0 Å². The fraction of sp³-hybridized carbons (Fsp3) is 0.692. The number of tetrazole rings is 1. The molecule has 2 unspecified atom stereocenters. The number of carbonyl (C=O) groups excluding carboxylic acids is 1. The van der Waals surface area contributed by atoms with Gasteiger partial charge in [0.05, 0.1) is 0 Å². The van der Waals surface area contributed by atoms with E-state index < -0.39 is 39.9 Å². The van der Waals surface area contributed by atoms with Gasteiger partial charge in [0.2, 0.25) is 11.1 Å². The maximum atomic E-state index is 12.9. The van der Waals surface area contributed by atoms with Gasteiger partial charge in [0.25, 0.3) is 0 Å². The number of carbonyl (C=O) groups is 2. The molecule has 2 fully saturated rings. The van der Waals surface area contributed by atoms with Crippen molar-refractivity contribution in [2.75, 3.05) is 25.1 Å². The molecule has 154 valence electrons. The summed E-state index contributed by atoms with van der Waals surface area (Å²) in [5.74, 6) is -1.40. The fourth-order valence-corrected chi connectivity index (χ4v) is 5.91. The number of amides is 1. The van der Waals surface area contributed by atoms with Gasteiger partial charge in [0, 0.05) is 32.1 Å². The summed E-state index contributed by atoms with van der Waals surface area (Å²) in [5.41, 5.74) is -1.26. The molecule has 1 N–H and O–H groups in total. The molecule has 2 aliphatic heterocycles. The van der Waals surface area contributed by atoms with Gasteiger partial charge in [-0.2, -0.15) is 13.2 Å². The van der Waals surface area contributed by atoms with E-state index in [1.807, 2.05) is 0 Å². The highest BCUT2D eigenvalue weighted by Crippen LogP contribution is 2.46. The number of fused-ring (bicyclic) bond motifs is 1. The largest absolute Gasteiger partial charge is 0.481 e. The zero-order valence-electron chi connectivity index (χ0n) is 14.6. The van der Waals surface area contributed by atoms with Crippen molar-refractivity contribution in [2.45, 2.75) is 22.7 Å². The maximum absolute atomic E-state index is 12.9. The molecule has 1 amide bonds. The summed E-state index contributed by atoms with van der Waals surface area (Å²) in [6, 6.07) is -1.05. The number of likely N-dealkylation sites (N-methyl/N-ethyl adjacent to an activating group) is 1. The van der Waals surface area contributed by atoms with Crippen molar-refractivity contribution in [3.8, 4) is 0 Å². The Morgan fingerprint density at radius 2 is 2.21 bits per heavy atom. The van der Waals surface area contributed by atoms with E-state index in [4.69, 9.17) is 0 Å². The molecular formula is C13H15F3N6O3S3. The lowest BCUT2D eigenvalue weighted by Gasteiger charge is -2.56. The topological polar surface area (TPSA) is 104 Å². The normalized spacial score (nSPS) is 27.2. The van der Waals surface area contributed by atoms with Crippen molar-refractivity contribution < 1.29 is 27.9 Å². The van der Waals surface area contributed by atoms with Gasteiger partial charge in [-0.1, -0.05) is 24.0 Å². The zero-order chi connectivity index (χ0) is 20.9. The molecule has 1 aromatic rings. The average Bonchev–Trinajstić information content (AvgIpc) is 3.03. The van der Waals surface area contributed by atoms with Crippen LogP contribution in [0.4, 0.5) is 13.2 Å². The number of rotatable bonds is 5. The van der Waals surface area contributed by atoms with Gasteiger partial charge in [-0.3, -0.25) is 9.59 Å². The summed E-state index contributed by atoms with van der Waals surface area (Å²) in [6.07, 6.45) is -4.71. The molecule has 0 radical (unpaired) electrons. The van der Waals surface area contributed by atoms with Crippen LogP contribution in [0.15, 0.2) is 5.16 Å². The van der Waals surface area contributed by atoms with Gasteiger partial charge in [0.15, 0.2) is 4.99 Å². The minimum atomic E-state index is -4.71. The van der Waals surface area contributed by atoms with Crippen LogP contribution in [0.5, 0.6) is 0 Å². The second-order valence-corrected chi connectivity index (χ2v) is 8.92. The van der Waals surface area contributed by atoms with E-state index in [1.54, 1.807) is 7.05 Å². The quantitative estimate of drug-likeness (QED) is 0.382. The number of alkyl halides is 3. The minimum absolute atomic E-state index is 0.0970. The summed E-state index contributed by atoms with van der Waals surface area (Å²) in [5, 5.41) is 20.6. The number of aryl methyl sites for hydroxylation is 1. The summed E-state index contributed by atoms with van der Waals surface area (Å²) < 4.78 is 40.0. The van der Waals surface area contributed by atoms with Gasteiger partial charge in [-0.25, -0.2) is 4.68 Å². The number of β-lactam (4-membered cyclic amide) rings is 1. The van der Waals surface area contributed by atoms with E-state index >= 15 is 0 Å². The van der Waals surface area contributed by atoms with Crippen LogP contribution in [0.2, 0.25) is 0 Å². The van der Waals surface area contributed by atoms with Crippen LogP contribution in [-0.4, -0.2) is 94.7 Å². The lowest BCUT2D eigenvalue weighted by molar-refractivity contribution is -0.159. The predicted molar refractivity (Wildman–Crippen MR) is 97.8 cm³/mol. The Hall–Kier alpha value is -1.61. The molecule has 0 aliphatic carbocycles. The Balaban J connectivity index is 1.71. The highest BCUT2D eigenvalue weighted by molar-refractivity contribution is 8.00. The highest BCUT2D eigenvalue weighted by atomic mass is 32.2. The number of nitrogens with zero attached hydrogens (tertiary/aromatic N) is 6. The second-order valence-electron chi connectivity index (χ2n) is 6.49. The molecule has 2 saturated heterocycles. The van der Waals surface area contributed by atoms with Crippen LogP contribution in [0.1, 0.15) is 0 Å². The molecule has 0 spiro atoms. The number of aromatic nitrogens is 4. The maximum Gasteiger partial charge on any atom is 0.441 e. The van der Waals surface area contributed by atoms with E-state index in [9.17, 15) is 27.9 Å². The SMILES string of the molecule is CN(C(=S)C(F)(F)F)C1C(=O)N2CC(CSc3nnnn3C)(C(=O)O)CS[C@H]12. The lowest BCUT2D eigenvalue weighted by atomic mass is 9.89. The smallest absolute Gasteiger partial charge is 0.441 e. The Morgan fingerprint density at radius 3 is 2.75 bits per heavy atom. The van der Waals surface area contributed by atoms with Crippen molar-refractivity contribution in [1.29, 1.82) is 0 Å². The number of aliphatic carboxylic acids is 1. The van der Waals surface area contributed by atoms with E-state index in [2.05, 4.69) is 27.7 Å². The summed E-state index contributed by atoms with van der Waals surface area (Å²) in [6.45, 7) is -0.0970. The average molecular weight is 456 g/mol. The second kappa shape index (κ2) is 7.33. The molecule has 3 rings (SSSR count). The number of hydrogen-bond acceptors (Lipinski definition) is 8. The predicted octanol–water partition coefficient (Wildman–Crippen LogP) is 0.478. The lowest BCUT2D eigenvalue weighted by Crippen LogP contribution is -2.74. The number of carboxylic acids is 1. The number of thioether (sulfide) groups is 2. The molecule has 0 aromatic carbocycles. The molecule has 0 saturated carbocycles. The van der Waals surface area contributed by atoms with Crippen molar-refractivity contribution in [2.24, 2.45) is 12.5 Å². The van der Waals surface area contributed by atoms with Crippen LogP contribution in [0.3, 0.4) is 0 Å². The highest BCUT2D eigenvalue weighted by Gasteiger charge is 2.59. The third-order valence-corrected chi connectivity index (χ3v) is 8.00. The minimum Gasteiger partial charge on any atom is -0.481 e. The molecule has 9 nitrogen and oxygen atoms in total. The summed E-state index contributed by atoms with van der Waals surface area (Å²) in [7, 11) is 2.75. The molecule has 2 aliphatic rings. The van der Waals surface area contributed by atoms with Crippen LogP contribution in [0, 0.1) is 5.41 Å². The Kier molecular flexibility index (Phi) is 5.53. The molecule has 1 aromatic heterocycles. The molecule has 3 atom stereocenters. The Bertz CT molecular complexity index is 821. The van der Waals surface area contributed by atoms with Gasteiger partial charge >= 0.3 is 12.1 Å². The first-order valence-electron chi connectivity index (χ1n) is 7.82. The monoisotopic (exact) mass is 456 g/mol. The number of hydrogen-bond donors (Lipinski definition) is 1. The van der Waals surface area contributed by atoms with Gasteiger partial charge in [-0.15, -0.1) is 16.9 Å². The van der Waals surface area contributed by atoms with Crippen molar-refractivity contribution >= 4 is 52.6 Å². The first kappa shape index (κ1) is 21.1. The summed E-state index contributed by atoms with van der Waals surface area (Å²) >= 11 is 6.71. The molecule has 0 bridgehead atoms. The van der Waals surface area contributed by atoms with Crippen LogP contribution in [-0.2, 0) is 16.6 Å². The third kappa shape index (κ3) is 3.54. The first-order valence-corrected chi connectivity index (χ1v) is 10.3. The van der Waals surface area contributed by atoms with Crippen LogP contribution < -0.4 is 0 Å². The number of carboxylic acid groups (broad SMARTS) is 1. The van der Waals surface area contributed by atoms with E-state index in [1.165, 1.54) is 9.58 Å². The van der Waals surface area contributed by atoms with Gasteiger partial charge in [0.1, 0.15) is 16.8 Å². The molecule has 15 heteroatoms. The van der Waals surface area contributed by atoms with E-state index in [0.717, 1.165) is 35.5 Å². The molecule has 3 heterocycles. The van der Waals surface area contributed by atoms with Crippen LogP contribution in [0.25, 0.3) is 0 Å². The van der Waals surface area contributed by atoms with E-state index in [-0.39, 0.29) is 18.1 Å². The summed E-state index contributed by atoms with van der Waals surface area (Å²) in [4.78, 5) is 25.2. The van der Waals surface area contributed by atoms with Gasteiger partial charge < -0.3 is 14.9 Å². The first-order chi connectivity index (χ1) is 13.0. The van der Waals surface area contributed by atoms with E-state index in [0.29, 0.717) is 5.16 Å². The Morgan fingerprint density at radius 1 is 1.54 bits per heavy atom. The third-order valence-electron chi connectivity index (χ3n) is 4.61. The van der Waals surface area contributed by atoms with Crippen LogP contribution >= 0.6 is 35.7 Å². The molecule has 28 heavy (non-hydrogen) atoms. The Labute approximate surface area is 171 Å². The zero-order valence-corrected chi connectivity index (χ0v) is 17.0. The van der Waals surface area contributed by atoms with Gasteiger partial charge in [-0.05, 0) is 10.4 Å². The number of thiocarbonyl (C=S) groups is 1. The molecular weight excluding hydrogens is 441 g/mol. The standard InChI is InChI=1S/C13H15F3N6O3S3/c1-20(9(26)13(14,15)16)6-7(23)22-3-12(10(24)25,4-27-8(6)22)5-28-11-17-18-19-21(11)2/h6,8H,3-5H2,1-2H3,(H,24,25)/t6?,8-,12?/m1/s1.